The van der Waals surface area contributed by atoms with Crippen molar-refractivity contribution in [2.24, 2.45) is 0 Å². The lowest BCUT2D eigenvalue weighted by molar-refractivity contribution is 0.0949. The number of anilines is 1. The molecular weight excluding hydrogens is 452 g/mol. The molecule has 2 N–H and O–H groups in total. The predicted molar refractivity (Wildman–Crippen MR) is 129 cm³/mol. The maximum absolute atomic E-state index is 12.6. The zero-order valence-electron chi connectivity index (χ0n) is 18.4. The second-order valence-corrected chi connectivity index (χ2v) is 8.23. The summed E-state index contributed by atoms with van der Waals surface area (Å²) in [7, 11) is 1.60. The van der Waals surface area contributed by atoms with Crippen LogP contribution < -0.4 is 20.1 Å². The number of carbonyl (C=O) groups is 2. The van der Waals surface area contributed by atoms with Gasteiger partial charge in [-0.3, -0.25) is 9.59 Å². The lowest BCUT2D eigenvalue weighted by Crippen LogP contribution is -2.23. The second kappa shape index (κ2) is 11.1. The van der Waals surface area contributed by atoms with E-state index in [1.807, 2.05) is 54.6 Å². The molecule has 9 heteroatoms. The molecule has 0 aliphatic carbocycles. The summed E-state index contributed by atoms with van der Waals surface area (Å²) < 4.78 is 10.8. The summed E-state index contributed by atoms with van der Waals surface area (Å²) in [6, 6.07) is 23.5. The molecule has 8 nitrogen and oxygen atoms in total. The number of hydrogen-bond donors (Lipinski definition) is 2. The number of rotatable bonds is 9. The minimum Gasteiger partial charge on any atom is -0.497 e. The summed E-state index contributed by atoms with van der Waals surface area (Å²) in [6.45, 7) is 0.594. The standard InChI is InChI=1S/C25H22N4O4S/c1-32-20-12-10-17(11-13-20)15-26-23(30)18-6-5-7-19(14-18)27-24(31)25-29-28-22(34-25)16-33-21-8-3-2-4-9-21/h2-14H,15-16H2,1H3,(H,26,30)(H,27,31). The SMILES string of the molecule is COc1ccc(CNC(=O)c2cccc(NC(=O)c3nnc(COc4ccccc4)s3)c2)cc1. The number of hydrogen-bond acceptors (Lipinski definition) is 7. The third-order valence-corrected chi connectivity index (χ3v) is 5.66. The number of amides is 2. The molecule has 0 spiro atoms. The molecule has 0 aliphatic heterocycles. The third kappa shape index (κ3) is 6.17. The average molecular weight is 475 g/mol. The first kappa shape index (κ1) is 22.9. The van der Waals surface area contributed by atoms with Gasteiger partial charge >= 0.3 is 0 Å². The zero-order valence-corrected chi connectivity index (χ0v) is 19.2. The molecule has 0 radical (unpaired) electrons. The van der Waals surface area contributed by atoms with E-state index in [2.05, 4.69) is 20.8 Å². The Bertz CT molecular complexity index is 1260. The summed E-state index contributed by atoms with van der Waals surface area (Å²) in [5.74, 6) is 0.818. The first-order chi connectivity index (χ1) is 16.6. The van der Waals surface area contributed by atoms with Gasteiger partial charge in [0.2, 0.25) is 5.01 Å². The van der Waals surface area contributed by atoms with E-state index in [1.165, 1.54) is 0 Å². The third-order valence-electron chi connectivity index (χ3n) is 4.76. The van der Waals surface area contributed by atoms with Crippen molar-refractivity contribution in [1.29, 1.82) is 0 Å². The van der Waals surface area contributed by atoms with Crippen molar-refractivity contribution in [2.45, 2.75) is 13.2 Å². The number of methoxy groups -OCH3 is 1. The fourth-order valence-electron chi connectivity index (χ4n) is 3.02. The molecule has 0 atom stereocenters. The number of nitrogens with one attached hydrogen (secondary N) is 2. The molecule has 0 saturated heterocycles. The minimum atomic E-state index is -0.403. The van der Waals surface area contributed by atoms with E-state index in [0.717, 1.165) is 22.6 Å². The maximum atomic E-state index is 12.6. The van der Waals surface area contributed by atoms with Crippen LogP contribution in [0.5, 0.6) is 11.5 Å². The van der Waals surface area contributed by atoms with Crippen LogP contribution in [0.4, 0.5) is 5.69 Å². The maximum Gasteiger partial charge on any atom is 0.286 e. The average Bonchev–Trinajstić information content (AvgIpc) is 3.36. The number of carbonyl (C=O) groups excluding carboxylic acids is 2. The van der Waals surface area contributed by atoms with Crippen LogP contribution in [0.1, 0.15) is 30.7 Å². The van der Waals surface area contributed by atoms with Crippen molar-refractivity contribution in [1.82, 2.24) is 15.5 Å². The largest absolute Gasteiger partial charge is 0.497 e. The summed E-state index contributed by atoms with van der Waals surface area (Å²) in [5, 5.41) is 14.4. The Morgan fingerprint density at radius 2 is 1.68 bits per heavy atom. The first-order valence-corrected chi connectivity index (χ1v) is 11.2. The molecule has 4 aromatic rings. The zero-order chi connectivity index (χ0) is 23.8. The van der Waals surface area contributed by atoms with E-state index < -0.39 is 5.91 Å². The van der Waals surface area contributed by atoms with Gasteiger partial charge in [0.05, 0.1) is 7.11 Å². The Labute approximate surface area is 200 Å². The molecule has 34 heavy (non-hydrogen) atoms. The number of ether oxygens (including phenoxy) is 2. The Balaban J connectivity index is 1.32. The van der Waals surface area contributed by atoms with E-state index in [9.17, 15) is 9.59 Å². The quantitative estimate of drug-likeness (QED) is 0.375. The van der Waals surface area contributed by atoms with Gasteiger partial charge in [-0.2, -0.15) is 0 Å². The molecule has 1 heterocycles. The topological polar surface area (TPSA) is 102 Å². The van der Waals surface area contributed by atoms with E-state index in [0.29, 0.717) is 28.6 Å². The van der Waals surface area contributed by atoms with Gasteiger partial charge in [-0.1, -0.05) is 47.7 Å². The summed E-state index contributed by atoms with van der Waals surface area (Å²) in [4.78, 5) is 25.1. The fraction of sp³-hybridized carbons (Fsp3) is 0.120. The van der Waals surface area contributed by atoms with Crippen LogP contribution in [-0.2, 0) is 13.2 Å². The molecule has 172 valence electrons. The highest BCUT2D eigenvalue weighted by Gasteiger charge is 2.14. The Morgan fingerprint density at radius 3 is 2.44 bits per heavy atom. The minimum absolute atomic E-state index is 0.209. The number of para-hydroxylation sites is 1. The van der Waals surface area contributed by atoms with E-state index in [1.54, 1.807) is 31.4 Å². The smallest absolute Gasteiger partial charge is 0.286 e. The van der Waals surface area contributed by atoms with Gasteiger partial charge in [0.25, 0.3) is 11.8 Å². The van der Waals surface area contributed by atoms with E-state index >= 15 is 0 Å². The van der Waals surface area contributed by atoms with Crippen LogP contribution in [0.15, 0.2) is 78.9 Å². The van der Waals surface area contributed by atoms with Gasteiger partial charge in [-0.25, -0.2) is 0 Å². The molecule has 0 bridgehead atoms. The summed E-state index contributed by atoms with van der Waals surface area (Å²) in [6.07, 6.45) is 0. The van der Waals surface area contributed by atoms with Crippen LogP contribution in [0.25, 0.3) is 0 Å². The Kier molecular flexibility index (Phi) is 7.46. The molecule has 0 aliphatic rings. The van der Waals surface area contributed by atoms with Crippen molar-refractivity contribution < 1.29 is 19.1 Å². The van der Waals surface area contributed by atoms with Crippen molar-refractivity contribution in [2.75, 3.05) is 12.4 Å². The van der Waals surface area contributed by atoms with Crippen molar-refractivity contribution >= 4 is 28.8 Å². The lowest BCUT2D eigenvalue weighted by Gasteiger charge is -2.08. The molecule has 1 aromatic heterocycles. The van der Waals surface area contributed by atoms with Gasteiger partial charge in [-0.05, 0) is 48.0 Å². The van der Waals surface area contributed by atoms with Crippen molar-refractivity contribution in [3.8, 4) is 11.5 Å². The van der Waals surface area contributed by atoms with Crippen LogP contribution >= 0.6 is 11.3 Å². The first-order valence-electron chi connectivity index (χ1n) is 10.4. The van der Waals surface area contributed by atoms with Crippen LogP contribution in [0, 0.1) is 0 Å². The van der Waals surface area contributed by atoms with E-state index in [4.69, 9.17) is 9.47 Å². The molecule has 3 aromatic carbocycles. The Morgan fingerprint density at radius 1 is 0.882 bits per heavy atom. The van der Waals surface area contributed by atoms with Crippen LogP contribution in [0.3, 0.4) is 0 Å². The normalized spacial score (nSPS) is 10.4. The summed E-state index contributed by atoms with van der Waals surface area (Å²) in [5.41, 5.74) is 1.86. The summed E-state index contributed by atoms with van der Waals surface area (Å²) >= 11 is 1.15. The number of benzene rings is 3. The lowest BCUT2D eigenvalue weighted by atomic mass is 10.1. The Hall–Kier alpha value is -4.24. The van der Waals surface area contributed by atoms with Crippen molar-refractivity contribution in [3.63, 3.8) is 0 Å². The highest BCUT2D eigenvalue weighted by molar-refractivity contribution is 7.13. The highest BCUT2D eigenvalue weighted by atomic mass is 32.1. The van der Waals surface area contributed by atoms with Gasteiger partial charge in [0, 0.05) is 17.8 Å². The number of nitrogens with zero attached hydrogens (tertiary/aromatic N) is 2. The van der Waals surface area contributed by atoms with Crippen LogP contribution in [-0.4, -0.2) is 29.1 Å². The second-order valence-electron chi connectivity index (χ2n) is 7.17. The van der Waals surface area contributed by atoms with Gasteiger partial charge < -0.3 is 20.1 Å². The van der Waals surface area contributed by atoms with Gasteiger partial charge in [0.15, 0.2) is 5.01 Å². The van der Waals surface area contributed by atoms with Crippen molar-refractivity contribution in [3.05, 3.63) is 100 Å². The fourth-order valence-corrected chi connectivity index (χ4v) is 3.66. The molecule has 0 unspecified atom stereocenters. The molecule has 0 saturated carbocycles. The highest BCUT2D eigenvalue weighted by Crippen LogP contribution is 2.17. The predicted octanol–water partition coefficient (Wildman–Crippen LogP) is 4.31. The molecule has 0 fully saturated rings. The molecule has 2 amide bonds. The van der Waals surface area contributed by atoms with Crippen LogP contribution in [0.2, 0.25) is 0 Å². The molecule has 4 rings (SSSR count). The van der Waals surface area contributed by atoms with Gasteiger partial charge in [0.1, 0.15) is 18.1 Å². The monoisotopic (exact) mass is 474 g/mol. The molecular formula is C25H22N4O4S. The number of aromatic nitrogens is 2. The van der Waals surface area contributed by atoms with E-state index in [-0.39, 0.29) is 17.5 Å². The van der Waals surface area contributed by atoms with Gasteiger partial charge in [-0.15, -0.1) is 10.2 Å².